The predicted octanol–water partition coefficient (Wildman–Crippen LogP) is 4.28. The molecule has 4 aromatic rings. The lowest BCUT2D eigenvalue weighted by molar-refractivity contribution is -0.141. The second kappa shape index (κ2) is 10.9. The molecule has 0 bridgehead atoms. The van der Waals surface area contributed by atoms with Crippen molar-refractivity contribution in [3.8, 4) is 11.1 Å². The maximum absolute atomic E-state index is 13.7. The van der Waals surface area contributed by atoms with E-state index in [0.717, 1.165) is 29.8 Å². The van der Waals surface area contributed by atoms with E-state index in [4.69, 9.17) is 4.52 Å². The fourth-order valence-corrected chi connectivity index (χ4v) is 5.28. The van der Waals surface area contributed by atoms with Gasteiger partial charge in [-0.3, -0.25) is 9.59 Å². The Balaban J connectivity index is 1.40. The number of nitrogens with one attached hydrogen (secondary N) is 2. The molecule has 1 fully saturated rings. The van der Waals surface area contributed by atoms with E-state index in [1.54, 1.807) is 32.0 Å². The van der Waals surface area contributed by atoms with E-state index >= 15 is 0 Å². The summed E-state index contributed by atoms with van der Waals surface area (Å²) in [6, 6.07) is 20.1. The molecule has 1 atom stereocenters. The number of nitrogens with zero attached hydrogens (tertiary/aromatic N) is 1. The first-order valence-electron chi connectivity index (χ1n) is 13.1. The van der Waals surface area contributed by atoms with E-state index in [9.17, 15) is 19.5 Å². The summed E-state index contributed by atoms with van der Waals surface area (Å²) >= 11 is 0. The first-order valence-corrected chi connectivity index (χ1v) is 13.1. The molecule has 1 amide bonds. The molecule has 5 rings (SSSR count). The van der Waals surface area contributed by atoms with Crippen LogP contribution >= 0.6 is 0 Å². The van der Waals surface area contributed by atoms with Crippen LogP contribution < -0.4 is 16.3 Å². The number of aryl methyl sites for hydroxylation is 1. The van der Waals surface area contributed by atoms with Crippen LogP contribution in [0.5, 0.6) is 0 Å². The number of benzene rings is 3. The van der Waals surface area contributed by atoms with Gasteiger partial charge in [-0.05, 0) is 80.6 Å². The number of ketones is 1. The number of fused-ring (bicyclic) bond motifs is 1. The fourth-order valence-electron chi connectivity index (χ4n) is 5.28. The van der Waals surface area contributed by atoms with Crippen LogP contribution in [0.1, 0.15) is 41.4 Å². The minimum absolute atomic E-state index is 0.0218. The Morgan fingerprint density at radius 2 is 1.64 bits per heavy atom. The summed E-state index contributed by atoms with van der Waals surface area (Å²) < 4.78 is 4.79. The molecule has 1 saturated heterocycles. The van der Waals surface area contributed by atoms with Gasteiger partial charge in [0.1, 0.15) is 5.60 Å². The van der Waals surface area contributed by atoms with Gasteiger partial charge in [-0.2, -0.15) is 0 Å². The molecule has 0 aliphatic carbocycles. The Labute approximate surface area is 226 Å². The van der Waals surface area contributed by atoms with Crippen molar-refractivity contribution in [1.29, 1.82) is 0 Å². The summed E-state index contributed by atoms with van der Waals surface area (Å²) in [6.07, 6.45) is 1.50. The van der Waals surface area contributed by atoms with E-state index in [1.807, 2.05) is 48.5 Å². The molecule has 8 nitrogen and oxygen atoms in total. The SMILES string of the molecule is CC(=O)c1ccc(-c2ccc(CC(O)(C(=O)Nc3ccc4c(=O)onc(C)c4c3)C3CCNCC3)cc2)cc1. The molecule has 1 aliphatic rings. The van der Waals surface area contributed by atoms with Gasteiger partial charge in [0.15, 0.2) is 5.78 Å². The van der Waals surface area contributed by atoms with Gasteiger partial charge in [0.25, 0.3) is 5.91 Å². The highest BCUT2D eigenvalue weighted by atomic mass is 16.5. The molecule has 8 heteroatoms. The zero-order valence-corrected chi connectivity index (χ0v) is 22.0. The molecule has 39 heavy (non-hydrogen) atoms. The van der Waals surface area contributed by atoms with Crippen LogP contribution in [0.3, 0.4) is 0 Å². The number of anilines is 1. The largest absolute Gasteiger partial charge is 0.379 e. The topological polar surface area (TPSA) is 122 Å². The number of rotatable bonds is 7. The first-order chi connectivity index (χ1) is 18.7. The fraction of sp³-hybridized carbons (Fsp3) is 0.290. The van der Waals surface area contributed by atoms with Crippen LogP contribution in [-0.4, -0.2) is 40.6 Å². The first kappa shape index (κ1) is 26.5. The molecule has 200 valence electrons. The molecule has 2 heterocycles. The number of aromatic nitrogens is 1. The van der Waals surface area contributed by atoms with Crippen LogP contribution in [0, 0.1) is 12.8 Å². The number of aliphatic hydroxyl groups is 1. The average molecular weight is 526 g/mol. The van der Waals surface area contributed by atoms with Gasteiger partial charge in [-0.25, -0.2) is 4.79 Å². The zero-order valence-electron chi connectivity index (χ0n) is 22.0. The van der Waals surface area contributed by atoms with Crippen molar-refractivity contribution in [3.05, 3.63) is 94.0 Å². The molecule has 0 spiro atoms. The van der Waals surface area contributed by atoms with Gasteiger partial charge in [-0.15, -0.1) is 0 Å². The highest BCUT2D eigenvalue weighted by Gasteiger charge is 2.44. The highest BCUT2D eigenvalue weighted by Crippen LogP contribution is 2.32. The quantitative estimate of drug-likeness (QED) is 0.308. The monoisotopic (exact) mass is 525 g/mol. The third-order valence-corrected chi connectivity index (χ3v) is 7.61. The number of hydrogen-bond donors (Lipinski definition) is 3. The summed E-state index contributed by atoms with van der Waals surface area (Å²) in [5.74, 6) is -0.687. The van der Waals surface area contributed by atoms with E-state index < -0.39 is 17.1 Å². The second-order valence-electron chi connectivity index (χ2n) is 10.2. The van der Waals surface area contributed by atoms with Crippen molar-refractivity contribution >= 4 is 28.2 Å². The zero-order chi connectivity index (χ0) is 27.6. The summed E-state index contributed by atoms with van der Waals surface area (Å²) in [5, 5.41) is 22.9. The minimum Gasteiger partial charge on any atom is -0.379 e. The van der Waals surface area contributed by atoms with Gasteiger partial charge >= 0.3 is 5.63 Å². The minimum atomic E-state index is -1.63. The van der Waals surface area contributed by atoms with Gasteiger partial charge in [-0.1, -0.05) is 53.7 Å². The number of carbonyl (C=O) groups is 2. The Kier molecular flexibility index (Phi) is 7.41. The summed E-state index contributed by atoms with van der Waals surface area (Å²) in [6.45, 7) is 4.72. The van der Waals surface area contributed by atoms with Crippen molar-refractivity contribution in [2.24, 2.45) is 5.92 Å². The maximum Gasteiger partial charge on any atom is 0.366 e. The lowest BCUT2D eigenvalue weighted by atomic mass is 9.76. The molecule has 3 N–H and O–H groups in total. The lowest BCUT2D eigenvalue weighted by Gasteiger charge is -2.37. The Morgan fingerprint density at radius 3 is 2.28 bits per heavy atom. The van der Waals surface area contributed by atoms with Gasteiger partial charge in [0.2, 0.25) is 0 Å². The molecule has 1 unspecified atom stereocenters. The molecule has 1 aliphatic heterocycles. The van der Waals surface area contributed by atoms with Crippen LogP contribution in [-0.2, 0) is 11.2 Å². The average Bonchev–Trinajstić information content (AvgIpc) is 2.96. The van der Waals surface area contributed by atoms with E-state index in [2.05, 4.69) is 15.8 Å². The molecular formula is C31H31N3O5. The normalized spacial score (nSPS) is 15.6. The van der Waals surface area contributed by atoms with Crippen LogP contribution in [0.25, 0.3) is 21.9 Å². The Bertz CT molecular complexity index is 1570. The third-order valence-electron chi connectivity index (χ3n) is 7.61. The molecular weight excluding hydrogens is 494 g/mol. The standard InChI is InChI=1S/C31H31N3O5/c1-19-28-17-26(11-12-27(28)29(36)39-34-19)33-30(37)31(38,25-13-15-32-16-14-25)18-21-3-5-23(6-4-21)24-9-7-22(8-10-24)20(2)35/h3-12,17,25,32,38H,13-16,18H2,1-2H3,(H,33,37). The Hall–Kier alpha value is -4.14. The number of piperidine rings is 1. The predicted molar refractivity (Wildman–Crippen MR) is 150 cm³/mol. The van der Waals surface area contributed by atoms with Crippen molar-refractivity contribution in [2.75, 3.05) is 18.4 Å². The maximum atomic E-state index is 13.7. The van der Waals surface area contributed by atoms with Crippen molar-refractivity contribution in [1.82, 2.24) is 10.5 Å². The smallest absolute Gasteiger partial charge is 0.366 e. The van der Waals surface area contributed by atoms with Gasteiger partial charge < -0.3 is 20.3 Å². The molecule has 3 aromatic carbocycles. The summed E-state index contributed by atoms with van der Waals surface area (Å²) in [5.41, 5.74) is 2.29. The third kappa shape index (κ3) is 5.53. The van der Waals surface area contributed by atoms with Crippen LogP contribution in [0.4, 0.5) is 5.69 Å². The number of Topliss-reactive ketones (excluding diaryl/α,β-unsaturated/α-hetero) is 1. The Morgan fingerprint density at radius 1 is 1.00 bits per heavy atom. The summed E-state index contributed by atoms with van der Waals surface area (Å²) in [4.78, 5) is 37.3. The number of hydrogen-bond acceptors (Lipinski definition) is 7. The second-order valence-corrected chi connectivity index (χ2v) is 10.2. The van der Waals surface area contributed by atoms with Gasteiger partial charge in [0, 0.05) is 23.1 Å². The van der Waals surface area contributed by atoms with E-state index in [0.29, 0.717) is 40.6 Å². The van der Waals surface area contributed by atoms with Crippen LogP contribution in [0.15, 0.2) is 76.0 Å². The van der Waals surface area contributed by atoms with Crippen molar-refractivity contribution in [2.45, 2.75) is 38.7 Å². The summed E-state index contributed by atoms with van der Waals surface area (Å²) in [7, 11) is 0. The van der Waals surface area contributed by atoms with Crippen LogP contribution in [0.2, 0.25) is 0 Å². The molecule has 0 saturated carbocycles. The molecule has 0 radical (unpaired) electrons. The van der Waals surface area contributed by atoms with Crippen molar-refractivity contribution in [3.63, 3.8) is 0 Å². The van der Waals surface area contributed by atoms with E-state index in [-0.39, 0.29) is 18.1 Å². The highest BCUT2D eigenvalue weighted by molar-refractivity contribution is 5.99. The van der Waals surface area contributed by atoms with Gasteiger partial charge in [0.05, 0.1) is 11.1 Å². The van der Waals surface area contributed by atoms with E-state index in [1.165, 1.54) is 0 Å². The lowest BCUT2D eigenvalue weighted by Crippen LogP contribution is -2.53. The number of carbonyl (C=O) groups excluding carboxylic acids is 2. The number of amides is 1. The van der Waals surface area contributed by atoms with Crippen molar-refractivity contribution < 1.29 is 19.2 Å². The molecule has 1 aromatic heterocycles.